The van der Waals surface area contributed by atoms with Crippen LogP contribution in [0.15, 0.2) is 109 Å². The van der Waals surface area contributed by atoms with Crippen molar-refractivity contribution in [3.8, 4) is 0 Å². The van der Waals surface area contributed by atoms with Crippen molar-refractivity contribution < 1.29 is 37.6 Å². The molecule has 0 saturated heterocycles. The number of esters is 2. The van der Waals surface area contributed by atoms with Crippen LogP contribution in [0.1, 0.15) is 367 Å². The minimum absolute atomic E-state index is 0.0460. The summed E-state index contributed by atoms with van der Waals surface area (Å²) in [5.74, 6) is -0.842. The molecule has 9 nitrogen and oxygen atoms in total. The third-order valence-corrected chi connectivity index (χ3v) is 17.9. The molecule has 2 unspecified atom stereocenters. The summed E-state index contributed by atoms with van der Waals surface area (Å²) in [5, 5.41) is 0. The topological polar surface area (TPSA) is 134 Å². The summed E-state index contributed by atoms with van der Waals surface area (Å²) in [4.78, 5) is 35.4. The Morgan fingerprint density at radius 1 is 0.337 bits per heavy atom. The largest absolute Gasteiger partial charge is 0.472 e. The fraction of sp³-hybridized carbons (Fsp3) is 0.756. The maximum absolute atomic E-state index is 12.8. The van der Waals surface area contributed by atoms with E-state index in [-0.39, 0.29) is 38.6 Å². The van der Waals surface area contributed by atoms with E-state index in [9.17, 15) is 19.0 Å². The van der Waals surface area contributed by atoms with E-state index < -0.39 is 26.5 Å². The van der Waals surface area contributed by atoms with Crippen molar-refractivity contribution in [3.63, 3.8) is 0 Å². The summed E-state index contributed by atoms with van der Waals surface area (Å²) in [6, 6.07) is 0. The van der Waals surface area contributed by atoms with Gasteiger partial charge in [-0.05, 0) is 83.5 Å². The Morgan fingerprint density at radius 3 is 0.891 bits per heavy atom. The fourth-order valence-electron chi connectivity index (χ4n) is 11.2. The molecule has 0 aromatic heterocycles. The molecule has 0 rings (SSSR count). The van der Waals surface area contributed by atoms with Crippen LogP contribution in [-0.2, 0) is 32.7 Å². The molecular weight excluding hydrogens is 1160 g/mol. The predicted molar refractivity (Wildman–Crippen MR) is 399 cm³/mol. The van der Waals surface area contributed by atoms with E-state index in [1.807, 2.05) is 0 Å². The van der Waals surface area contributed by atoms with E-state index >= 15 is 0 Å². The van der Waals surface area contributed by atoms with Crippen molar-refractivity contribution >= 4 is 19.8 Å². The van der Waals surface area contributed by atoms with Crippen LogP contribution >= 0.6 is 7.82 Å². The Balaban J connectivity index is 3.86. The number of ether oxygens (including phenoxy) is 2. The molecule has 92 heavy (non-hydrogen) atoms. The molecule has 0 aromatic carbocycles. The standard InChI is InChI=1S/C82H146NO8P/c1-3-5-7-9-11-13-15-17-19-21-23-25-27-29-31-33-35-37-38-39-40-41-43-44-46-48-50-52-54-56-58-60-62-64-66-68-70-72-74-81(84)88-78-80(79-90-92(86,87)89-77-76-83)91-82(85)75-73-71-69-67-65-63-61-59-57-55-53-51-49-47-45-42-36-34-32-30-28-26-24-22-20-18-16-14-12-10-8-6-4-2/h6,8,12,14,18,20,24,26,30,32,36,42,47,49,53,55,59,61,80H,3-5,7,9-11,13,15-17,19,21-23,25,27-29,31,33-35,37-41,43-46,48,50-52,54,56-58,60,62-79,83H2,1-2H3,(H,86,87)/b8-6-,14-12-,20-18-,26-24-,32-30-,42-36-,49-47-,55-53-,61-59-. The number of hydrogen-bond donors (Lipinski definition) is 2. The lowest BCUT2D eigenvalue weighted by Crippen LogP contribution is -2.29. The summed E-state index contributed by atoms with van der Waals surface area (Å²) in [6.45, 7) is 3.65. The maximum atomic E-state index is 12.8. The van der Waals surface area contributed by atoms with Gasteiger partial charge in [-0.25, -0.2) is 4.57 Å². The first-order valence-electron chi connectivity index (χ1n) is 38.9. The summed E-state index contributed by atoms with van der Waals surface area (Å²) >= 11 is 0. The number of hydrogen-bond acceptors (Lipinski definition) is 8. The highest BCUT2D eigenvalue weighted by Gasteiger charge is 2.26. The zero-order valence-corrected chi connectivity index (χ0v) is 60.9. The van der Waals surface area contributed by atoms with Gasteiger partial charge in [-0.3, -0.25) is 18.6 Å². The van der Waals surface area contributed by atoms with Crippen molar-refractivity contribution in [1.82, 2.24) is 0 Å². The first-order chi connectivity index (χ1) is 45.3. The normalized spacial score (nSPS) is 13.5. The second kappa shape index (κ2) is 76.7. The molecule has 532 valence electrons. The third kappa shape index (κ3) is 75.7. The van der Waals surface area contributed by atoms with Gasteiger partial charge in [0, 0.05) is 19.4 Å². The van der Waals surface area contributed by atoms with E-state index in [4.69, 9.17) is 24.3 Å². The van der Waals surface area contributed by atoms with Crippen molar-refractivity contribution in [2.45, 2.75) is 373 Å². The summed E-state index contributed by atoms with van der Waals surface area (Å²) in [7, 11) is -4.41. The minimum atomic E-state index is -4.41. The quantitative estimate of drug-likeness (QED) is 0.0264. The zero-order chi connectivity index (χ0) is 66.5. The van der Waals surface area contributed by atoms with Crippen molar-refractivity contribution in [2.75, 3.05) is 26.4 Å². The molecule has 0 fully saturated rings. The van der Waals surface area contributed by atoms with E-state index in [0.717, 1.165) is 109 Å². The van der Waals surface area contributed by atoms with Crippen LogP contribution in [0.2, 0.25) is 0 Å². The lowest BCUT2D eigenvalue weighted by atomic mass is 10.0. The van der Waals surface area contributed by atoms with Crippen molar-refractivity contribution in [3.05, 3.63) is 109 Å². The van der Waals surface area contributed by atoms with Crippen LogP contribution in [0.5, 0.6) is 0 Å². The van der Waals surface area contributed by atoms with Gasteiger partial charge < -0.3 is 20.1 Å². The van der Waals surface area contributed by atoms with Crippen molar-refractivity contribution in [1.29, 1.82) is 0 Å². The molecule has 10 heteroatoms. The van der Waals surface area contributed by atoms with Gasteiger partial charge in [-0.15, -0.1) is 0 Å². The Labute approximate surface area is 569 Å². The first kappa shape index (κ1) is 88.7. The molecule has 0 bridgehead atoms. The number of phosphoric acid groups is 1. The van der Waals surface area contributed by atoms with Crippen LogP contribution in [0.25, 0.3) is 0 Å². The van der Waals surface area contributed by atoms with Gasteiger partial charge in [-0.1, -0.05) is 380 Å². The van der Waals surface area contributed by atoms with Gasteiger partial charge in [0.2, 0.25) is 0 Å². The van der Waals surface area contributed by atoms with Gasteiger partial charge in [0.05, 0.1) is 13.2 Å². The van der Waals surface area contributed by atoms with Crippen LogP contribution < -0.4 is 5.73 Å². The van der Waals surface area contributed by atoms with Gasteiger partial charge in [0.1, 0.15) is 6.61 Å². The van der Waals surface area contributed by atoms with Crippen LogP contribution in [-0.4, -0.2) is 49.3 Å². The maximum Gasteiger partial charge on any atom is 0.472 e. The lowest BCUT2D eigenvalue weighted by molar-refractivity contribution is -0.161. The first-order valence-corrected chi connectivity index (χ1v) is 40.4. The Morgan fingerprint density at radius 2 is 0.598 bits per heavy atom. The van der Waals surface area contributed by atoms with Crippen LogP contribution in [0.3, 0.4) is 0 Å². The SMILES string of the molecule is CC/C=C\C/C=C\C/C=C\C/C=C\C/C=C\C/C=C\C/C=C\C/C=C\C/C=C\CCCCCCCC(=O)OC(COC(=O)CCCCCCCCCCCCCCCCCCCCCCCCCCCCCCCCCCCCCCCC)COP(=O)(O)OCCN. The second-order valence-corrected chi connectivity index (χ2v) is 27.3. The second-order valence-electron chi connectivity index (χ2n) is 25.9. The number of carbonyl (C=O) groups excluding carboxylic acids is 2. The zero-order valence-electron chi connectivity index (χ0n) is 60.0. The minimum Gasteiger partial charge on any atom is -0.462 e. The molecule has 0 aromatic rings. The Kier molecular flexibility index (Phi) is 73.9. The number of nitrogens with two attached hydrogens (primary N) is 1. The highest BCUT2D eigenvalue weighted by Crippen LogP contribution is 2.43. The van der Waals surface area contributed by atoms with Crippen LogP contribution in [0, 0.1) is 0 Å². The van der Waals surface area contributed by atoms with Gasteiger partial charge in [0.25, 0.3) is 0 Å². The molecule has 2 atom stereocenters. The van der Waals surface area contributed by atoms with Crippen molar-refractivity contribution in [2.24, 2.45) is 5.73 Å². The molecule has 0 saturated carbocycles. The predicted octanol–water partition coefficient (Wildman–Crippen LogP) is 26.0. The molecular formula is C82H146NO8P. The Bertz CT molecular complexity index is 1880. The Hall–Kier alpha value is -3.33. The molecule has 0 aliphatic heterocycles. The number of rotatable bonds is 73. The van der Waals surface area contributed by atoms with E-state index in [0.29, 0.717) is 6.42 Å². The summed E-state index contributed by atoms with van der Waals surface area (Å²) in [6.07, 6.45) is 107. The number of carbonyl (C=O) groups is 2. The monoisotopic (exact) mass is 1300 g/mol. The number of phosphoric ester groups is 1. The molecule has 0 aliphatic rings. The van der Waals surface area contributed by atoms with E-state index in [1.54, 1.807) is 0 Å². The van der Waals surface area contributed by atoms with Gasteiger partial charge >= 0.3 is 19.8 Å². The smallest absolute Gasteiger partial charge is 0.462 e. The van der Waals surface area contributed by atoms with E-state index in [2.05, 4.69) is 123 Å². The molecule has 0 heterocycles. The molecule has 0 radical (unpaired) electrons. The molecule has 0 aliphatic carbocycles. The van der Waals surface area contributed by atoms with Crippen LogP contribution in [0.4, 0.5) is 0 Å². The van der Waals surface area contributed by atoms with Gasteiger partial charge in [-0.2, -0.15) is 0 Å². The molecule has 3 N–H and O–H groups in total. The highest BCUT2D eigenvalue weighted by molar-refractivity contribution is 7.47. The molecule has 0 spiro atoms. The average molecular weight is 1310 g/mol. The molecule has 0 amide bonds. The summed E-state index contributed by atoms with van der Waals surface area (Å²) < 4.78 is 33.2. The summed E-state index contributed by atoms with van der Waals surface area (Å²) in [5.41, 5.74) is 5.41. The lowest BCUT2D eigenvalue weighted by Gasteiger charge is -2.19. The fourth-order valence-corrected chi connectivity index (χ4v) is 12.0. The van der Waals surface area contributed by atoms with Gasteiger partial charge in [0.15, 0.2) is 6.10 Å². The number of allylic oxidation sites excluding steroid dienone is 18. The average Bonchev–Trinajstić information content (AvgIpc) is 3.01. The highest BCUT2D eigenvalue weighted by atomic mass is 31.2. The number of unbranched alkanes of at least 4 members (excludes halogenated alkanes) is 42. The van der Waals surface area contributed by atoms with E-state index in [1.165, 1.54) is 225 Å². The third-order valence-electron chi connectivity index (χ3n) is 16.9.